The molecular formula is C15H13F3N2OS. The van der Waals surface area contributed by atoms with Gasteiger partial charge in [0, 0.05) is 16.3 Å². The summed E-state index contributed by atoms with van der Waals surface area (Å²) in [4.78, 5) is 12.8. The second kappa shape index (κ2) is 6.74. The number of hydrogen-bond acceptors (Lipinski definition) is 2. The average Bonchev–Trinajstić information content (AvgIpc) is 2.47. The van der Waals surface area contributed by atoms with Crippen LogP contribution in [0.5, 0.6) is 0 Å². The molecule has 0 unspecified atom stereocenters. The molecule has 2 rings (SSSR count). The Morgan fingerprint density at radius 1 is 1.00 bits per heavy atom. The van der Waals surface area contributed by atoms with Crippen LogP contribution in [0.4, 0.5) is 29.3 Å². The number of anilines is 2. The van der Waals surface area contributed by atoms with Gasteiger partial charge in [-0.25, -0.2) is 4.79 Å². The Kier molecular flexibility index (Phi) is 4.97. The number of alkyl halides is 3. The first-order chi connectivity index (χ1) is 10.4. The van der Waals surface area contributed by atoms with Crippen molar-refractivity contribution in [3.05, 3.63) is 54.1 Å². The quantitative estimate of drug-likeness (QED) is 0.773. The van der Waals surface area contributed by atoms with Gasteiger partial charge in [0.1, 0.15) is 0 Å². The number of benzene rings is 2. The summed E-state index contributed by atoms with van der Waals surface area (Å²) in [7, 11) is 0. The first-order valence-electron chi connectivity index (χ1n) is 6.28. The lowest BCUT2D eigenvalue weighted by atomic mass is 10.2. The largest absolute Gasteiger partial charge is 0.416 e. The predicted molar refractivity (Wildman–Crippen MR) is 82.3 cm³/mol. The maximum atomic E-state index is 12.4. The van der Waals surface area contributed by atoms with Crippen LogP contribution in [0, 0.1) is 0 Å². The van der Waals surface area contributed by atoms with E-state index in [1.807, 2.05) is 12.3 Å². The summed E-state index contributed by atoms with van der Waals surface area (Å²) in [6, 6.07) is 11.0. The maximum absolute atomic E-state index is 12.4. The van der Waals surface area contributed by atoms with Crippen molar-refractivity contribution in [3.63, 3.8) is 0 Å². The van der Waals surface area contributed by atoms with Crippen molar-refractivity contribution in [1.82, 2.24) is 0 Å². The van der Waals surface area contributed by atoms with Gasteiger partial charge in [-0.1, -0.05) is 6.07 Å². The Morgan fingerprint density at radius 3 is 2.23 bits per heavy atom. The number of hydrogen-bond donors (Lipinski definition) is 2. The molecule has 2 N–H and O–H groups in total. The highest BCUT2D eigenvalue weighted by Crippen LogP contribution is 2.29. The summed E-state index contributed by atoms with van der Waals surface area (Å²) in [5, 5.41) is 5.11. The number of thioether (sulfide) groups is 1. The van der Waals surface area contributed by atoms with Crippen LogP contribution in [0.2, 0.25) is 0 Å². The van der Waals surface area contributed by atoms with Crippen LogP contribution in [0.25, 0.3) is 0 Å². The first-order valence-corrected chi connectivity index (χ1v) is 7.50. The molecule has 0 radical (unpaired) electrons. The summed E-state index contributed by atoms with van der Waals surface area (Å²) >= 11 is 1.54. The van der Waals surface area contributed by atoms with E-state index in [-0.39, 0.29) is 5.69 Å². The molecule has 0 fully saturated rings. The lowest BCUT2D eigenvalue weighted by Gasteiger charge is -2.10. The van der Waals surface area contributed by atoms with Crippen LogP contribution in [-0.4, -0.2) is 12.3 Å². The number of amides is 2. The number of halogens is 3. The van der Waals surface area contributed by atoms with Gasteiger partial charge < -0.3 is 10.6 Å². The highest BCUT2D eigenvalue weighted by Gasteiger charge is 2.29. The van der Waals surface area contributed by atoms with E-state index in [1.54, 1.807) is 18.2 Å². The van der Waals surface area contributed by atoms with E-state index in [1.165, 1.54) is 23.9 Å². The Morgan fingerprint density at radius 2 is 1.64 bits per heavy atom. The molecule has 0 aliphatic carbocycles. The normalized spacial score (nSPS) is 11.1. The Hall–Kier alpha value is -2.15. The van der Waals surface area contributed by atoms with E-state index in [2.05, 4.69) is 10.6 Å². The lowest BCUT2D eigenvalue weighted by Crippen LogP contribution is -2.19. The van der Waals surface area contributed by atoms with Gasteiger partial charge in [-0.15, -0.1) is 11.8 Å². The van der Waals surface area contributed by atoms with Crippen LogP contribution in [0.3, 0.4) is 0 Å². The zero-order valence-electron chi connectivity index (χ0n) is 11.6. The number of urea groups is 1. The standard InChI is InChI=1S/C15H13F3N2OS/c1-22-13-4-2-3-12(9-13)20-14(21)19-11-7-5-10(6-8-11)15(16,17)18/h2-9H,1H3,(H2,19,20,21). The van der Waals surface area contributed by atoms with E-state index >= 15 is 0 Å². The van der Waals surface area contributed by atoms with Crippen LogP contribution in [0.1, 0.15) is 5.56 Å². The fourth-order valence-electron chi connectivity index (χ4n) is 1.74. The summed E-state index contributed by atoms with van der Waals surface area (Å²) < 4.78 is 37.3. The molecule has 0 saturated heterocycles. The molecule has 2 aromatic rings. The van der Waals surface area contributed by atoms with E-state index in [0.29, 0.717) is 5.69 Å². The van der Waals surface area contributed by atoms with Crippen LogP contribution in [0.15, 0.2) is 53.4 Å². The molecule has 0 aliphatic heterocycles. The van der Waals surface area contributed by atoms with Crippen LogP contribution >= 0.6 is 11.8 Å². The molecule has 0 atom stereocenters. The van der Waals surface area contributed by atoms with Gasteiger partial charge >= 0.3 is 12.2 Å². The van der Waals surface area contributed by atoms with Gasteiger partial charge in [0.05, 0.1) is 5.56 Å². The van der Waals surface area contributed by atoms with Crippen LogP contribution < -0.4 is 10.6 Å². The summed E-state index contributed by atoms with van der Waals surface area (Å²) in [5.74, 6) is 0. The third kappa shape index (κ3) is 4.42. The SMILES string of the molecule is CSc1cccc(NC(=O)Nc2ccc(C(F)(F)F)cc2)c1. The smallest absolute Gasteiger partial charge is 0.308 e. The fourth-order valence-corrected chi connectivity index (χ4v) is 2.20. The Balaban J connectivity index is 1.99. The number of carbonyl (C=O) groups excluding carboxylic acids is 1. The zero-order valence-corrected chi connectivity index (χ0v) is 12.4. The fraction of sp³-hybridized carbons (Fsp3) is 0.133. The Labute approximate surface area is 129 Å². The van der Waals surface area contributed by atoms with Crippen molar-refractivity contribution >= 4 is 29.2 Å². The molecule has 2 aromatic carbocycles. The van der Waals surface area contributed by atoms with Crippen LogP contribution in [-0.2, 0) is 6.18 Å². The van der Waals surface area contributed by atoms with Gasteiger partial charge in [0.2, 0.25) is 0 Å². The molecule has 0 heterocycles. The highest BCUT2D eigenvalue weighted by atomic mass is 32.2. The highest BCUT2D eigenvalue weighted by molar-refractivity contribution is 7.98. The molecule has 116 valence electrons. The average molecular weight is 326 g/mol. The molecule has 0 aliphatic rings. The topological polar surface area (TPSA) is 41.1 Å². The van der Waals surface area contributed by atoms with E-state index in [9.17, 15) is 18.0 Å². The van der Waals surface area contributed by atoms with Gasteiger partial charge in [0.15, 0.2) is 0 Å². The van der Waals surface area contributed by atoms with Gasteiger partial charge in [-0.05, 0) is 48.7 Å². The van der Waals surface area contributed by atoms with E-state index in [4.69, 9.17) is 0 Å². The van der Waals surface area contributed by atoms with Crippen molar-refractivity contribution in [2.45, 2.75) is 11.1 Å². The van der Waals surface area contributed by atoms with Gasteiger partial charge in [-0.2, -0.15) is 13.2 Å². The van der Waals surface area contributed by atoms with Crippen molar-refractivity contribution in [2.75, 3.05) is 16.9 Å². The van der Waals surface area contributed by atoms with E-state index < -0.39 is 17.8 Å². The molecule has 3 nitrogen and oxygen atoms in total. The van der Waals surface area contributed by atoms with Gasteiger partial charge in [-0.3, -0.25) is 0 Å². The molecule has 0 aromatic heterocycles. The monoisotopic (exact) mass is 326 g/mol. The molecule has 7 heteroatoms. The number of rotatable bonds is 3. The van der Waals surface area contributed by atoms with E-state index in [0.717, 1.165) is 17.0 Å². The molecule has 0 spiro atoms. The molecule has 0 saturated carbocycles. The minimum atomic E-state index is -4.39. The van der Waals surface area contributed by atoms with Gasteiger partial charge in [0.25, 0.3) is 0 Å². The third-order valence-electron chi connectivity index (χ3n) is 2.80. The zero-order chi connectivity index (χ0) is 16.2. The Bertz CT molecular complexity index is 657. The van der Waals surface area contributed by atoms with Crippen molar-refractivity contribution in [3.8, 4) is 0 Å². The maximum Gasteiger partial charge on any atom is 0.416 e. The third-order valence-corrected chi connectivity index (χ3v) is 3.52. The minimum Gasteiger partial charge on any atom is -0.308 e. The van der Waals surface area contributed by atoms with Crippen molar-refractivity contribution in [2.24, 2.45) is 0 Å². The predicted octanol–water partition coefficient (Wildman–Crippen LogP) is 5.07. The second-order valence-electron chi connectivity index (χ2n) is 4.39. The second-order valence-corrected chi connectivity index (χ2v) is 5.27. The number of carbonyl (C=O) groups is 1. The summed E-state index contributed by atoms with van der Waals surface area (Å²) in [6.45, 7) is 0. The molecule has 2 amide bonds. The molecule has 0 bridgehead atoms. The first kappa shape index (κ1) is 16.2. The molecule has 22 heavy (non-hydrogen) atoms. The van der Waals surface area contributed by atoms with Crippen molar-refractivity contribution < 1.29 is 18.0 Å². The van der Waals surface area contributed by atoms with Crippen molar-refractivity contribution in [1.29, 1.82) is 0 Å². The lowest BCUT2D eigenvalue weighted by molar-refractivity contribution is -0.137. The number of nitrogens with one attached hydrogen (secondary N) is 2. The minimum absolute atomic E-state index is 0.284. The molecular weight excluding hydrogens is 313 g/mol. The summed E-state index contributed by atoms with van der Waals surface area (Å²) in [6.07, 6.45) is -2.47. The summed E-state index contributed by atoms with van der Waals surface area (Å²) in [5.41, 5.74) is 0.133.